The van der Waals surface area contributed by atoms with Crippen molar-refractivity contribution in [1.82, 2.24) is 5.32 Å². The molecular weight excluding hydrogens is 214 g/mol. The Morgan fingerprint density at radius 2 is 2.07 bits per heavy atom. The molecule has 0 aliphatic carbocycles. The number of carbonyl (C=O) groups excluding carboxylic acids is 1. The highest BCUT2D eigenvalue weighted by molar-refractivity contribution is 7.80. The van der Waals surface area contributed by atoms with Crippen LogP contribution in [0.3, 0.4) is 0 Å². The number of carboxylic acids is 1. The van der Waals surface area contributed by atoms with Crippen LogP contribution in [0.5, 0.6) is 0 Å². The minimum atomic E-state index is -0.993. The molecule has 0 aliphatic rings. The molecule has 0 aromatic carbocycles. The maximum absolute atomic E-state index is 11.3. The molecule has 1 unspecified atom stereocenters. The van der Waals surface area contributed by atoms with Crippen molar-refractivity contribution >= 4 is 24.5 Å². The third-order valence-corrected chi connectivity index (χ3v) is 2.32. The Morgan fingerprint density at radius 1 is 1.40 bits per heavy atom. The zero-order chi connectivity index (χ0) is 11.7. The molecule has 0 heterocycles. The van der Waals surface area contributed by atoms with Gasteiger partial charge in [0.15, 0.2) is 0 Å². The third kappa shape index (κ3) is 7.25. The van der Waals surface area contributed by atoms with Gasteiger partial charge in [0.2, 0.25) is 5.91 Å². The Kier molecular flexibility index (Phi) is 8.18. The van der Waals surface area contributed by atoms with E-state index in [9.17, 15) is 9.59 Å². The van der Waals surface area contributed by atoms with Crippen molar-refractivity contribution in [2.24, 2.45) is 0 Å². The van der Waals surface area contributed by atoms with Crippen LogP contribution in [0, 0.1) is 0 Å². The molecule has 0 fully saturated rings. The molecule has 0 saturated carbocycles. The van der Waals surface area contributed by atoms with Crippen molar-refractivity contribution in [3.8, 4) is 0 Å². The molecule has 0 aliphatic heterocycles. The minimum Gasteiger partial charge on any atom is -0.480 e. The Bertz CT molecular complexity index is 209. The smallest absolute Gasteiger partial charge is 0.326 e. The van der Waals surface area contributed by atoms with E-state index in [1.807, 2.05) is 0 Å². The molecule has 0 bridgehead atoms. The molecule has 1 amide bonds. The lowest BCUT2D eigenvalue weighted by molar-refractivity contribution is -0.141. The number of carbonyl (C=O) groups is 2. The number of unbranched alkanes of at least 4 members (excludes halogenated alkanes) is 2. The van der Waals surface area contributed by atoms with Crippen LogP contribution in [0.15, 0.2) is 0 Å². The van der Waals surface area contributed by atoms with Crippen LogP contribution in [-0.2, 0) is 9.59 Å². The fourth-order valence-corrected chi connectivity index (χ4v) is 1.45. The van der Waals surface area contributed by atoms with Gasteiger partial charge in [0.25, 0.3) is 0 Å². The van der Waals surface area contributed by atoms with Gasteiger partial charge in [-0.05, 0) is 18.6 Å². The van der Waals surface area contributed by atoms with Gasteiger partial charge in [-0.25, -0.2) is 4.79 Å². The van der Waals surface area contributed by atoms with Crippen LogP contribution >= 0.6 is 12.6 Å². The molecule has 0 saturated heterocycles. The van der Waals surface area contributed by atoms with E-state index in [2.05, 4.69) is 24.9 Å². The first-order valence-electron chi connectivity index (χ1n) is 5.24. The van der Waals surface area contributed by atoms with Gasteiger partial charge in [0.1, 0.15) is 6.04 Å². The van der Waals surface area contributed by atoms with Crippen molar-refractivity contribution in [2.75, 3.05) is 5.75 Å². The number of hydrogen-bond acceptors (Lipinski definition) is 3. The Labute approximate surface area is 95.8 Å². The van der Waals surface area contributed by atoms with Gasteiger partial charge in [-0.1, -0.05) is 19.8 Å². The van der Waals surface area contributed by atoms with Gasteiger partial charge in [0, 0.05) is 6.42 Å². The number of rotatable bonds is 8. The maximum Gasteiger partial charge on any atom is 0.326 e. The molecule has 5 heteroatoms. The summed E-state index contributed by atoms with van der Waals surface area (Å²) in [6.45, 7) is 2.05. The van der Waals surface area contributed by atoms with E-state index in [0.717, 1.165) is 19.3 Å². The highest BCUT2D eigenvalue weighted by Crippen LogP contribution is 2.01. The Hall–Kier alpha value is -0.710. The SMILES string of the molecule is CCCCCC(=O)NC(CCS)C(=O)O. The van der Waals surface area contributed by atoms with Crippen LogP contribution < -0.4 is 5.32 Å². The summed E-state index contributed by atoms with van der Waals surface area (Å²) in [4.78, 5) is 22.0. The number of nitrogens with one attached hydrogen (secondary N) is 1. The zero-order valence-electron chi connectivity index (χ0n) is 9.03. The Balaban J connectivity index is 3.84. The maximum atomic E-state index is 11.3. The van der Waals surface area contributed by atoms with E-state index in [0.29, 0.717) is 18.6 Å². The summed E-state index contributed by atoms with van der Waals surface area (Å²) >= 11 is 3.95. The largest absolute Gasteiger partial charge is 0.480 e. The average molecular weight is 233 g/mol. The molecule has 15 heavy (non-hydrogen) atoms. The van der Waals surface area contributed by atoms with Crippen LogP contribution in [0.2, 0.25) is 0 Å². The predicted octanol–water partition coefficient (Wildman–Crippen LogP) is 1.46. The topological polar surface area (TPSA) is 66.4 Å². The highest BCUT2D eigenvalue weighted by atomic mass is 32.1. The first kappa shape index (κ1) is 14.3. The summed E-state index contributed by atoms with van der Waals surface area (Å²) in [5.74, 6) is -0.725. The number of thiol groups is 1. The summed E-state index contributed by atoms with van der Waals surface area (Å²) in [6, 6.07) is -0.795. The average Bonchev–Trinajstić information content (AvgIpc) is 2.17. The molecule has 0 aromatic rings. The van der Waals surface area contributed by atoms with Crippen LogP contribution in [-0.4, -0.2) is 28.8 Å². The van der Waals surface area contributed by atoms with Gasteiger partial charge in [-0.15, -0.1) is 0 Å². The molecule has 0 radical (unpaired) electrons. The van der Waals surface area contributed by atoms with E-state index in [4.69, 9.17) is 5.11 Å². The van der Waals surface area contributed by atoms with Gasteiger partial charge >= 0.3 is 5.97 Å². The van der Waals surface area contributed by atoms with Crippen molar-refractivity contribution in [3.63, 3.8) is 0 Å². The predicted molar refractivity (Wildman–Crippen MR) is 62.2 cm³/mol. The number of carboxylic acid groups (broad SMARTS) is 1. The molecule has 1 atom stereocenters. The first-order chi connectivity index (χ1) is 7.11. The lowest BCUT2D eigenvalue weighted by Crippen LogP contribution is -2.40. The summed E-state index contributed by atoms with van der Waals surface area (Å²) < 4.78 is 0. The van der Waals surface area contributed by atoms with Crippen molar-refractivity contribution < 1.29 is 14.7 Å². The fraction of sp³-hybridized carbons (Fsp3) is 0.800. The lowest BCUT2D eigenvalue weighted by atomic mass is 10.1. The number of aliphatic carboxylic acids is 1. The van der Waals surface area contributed by atoms with Gasteiger partial charge < -0.3 is 10.4 Å². The standard InChI is InChI=1S/C10H19NO3S/c1-2-3-4-5-9(12)11-8(6-7-15)10(13)14/h8,15H,2-7H2,1H3,(H,11,12)(H,13,14). The summed E-state index contributed by atoms with van der Waals surface area (Å²) in [6.07, 6.45) is 3.63. The van der Waals surface area contributed by atoms with E-state index >= 15 is 0 Å². The summed E-state index contributed by atoms with van der Waals surface area (Å²) in [5, 5.41) is 11.3. The molecule has 0 spiro atoms. The second-order valence-corrected chi connectivity index (χ2v) is 3.87. The normalized spacial score (nSPS) is 12.1. The van der Waals surface area contributed by atoms with Crippen molar-refractivity contribution in [1.29, 1.82) is 0 Å². The molecule has 2 N–H and O–H groups in total. The monoisotopic (exact) mass is 233 g/mol. The van der Waals surface area contributed by atoms with E-state index in [-0.39, 0.29) is 5.91 Å². The number of amides is 1. The molecular formula is C10H19NO3S. The van der Waals surface area contributed by atoms with Gasteiger partial charge in [-0.3, -0.25) is 4.79 Å². The number of hydrogen-bond donors (Lipinski definition) is 3. The quantitative estimate of drug-likeness (QED) is 0.439. The van der Waals surface area contributed by atoms with Gasteiger partial charge in [-0.2, -0.15) is 12.6 Å². The molecule has 88 valence electrons. The summed E-state index contributed by atoms with van der Waals surface area (Å²) in [7, 11) is 0. The third-order valence-electron chi connectivity index (χ3n) is 2.06. The minimum absolute atomic E-state index is 0.183. The first-order valence-corrected chi connectivity index (χ1v) is 5.88. The lowest BCUT2D eigenvalue weighted by Gasteiger charge is -2.12. The van der Waals surface area contributed by atoms with Crippen molar-refractivity contribution in [2.45, 2.75) is 45.1 Å². The van der Waals surface area contributed by atoms with Crippen LogP contribution in [0.1, 0.15) is 39.0 Å². The molecule has 4 nitrogen and oxygen atoms in total. The Morgan fingerprint density at radius 3 is 2.53 bits per heavy atom. The second kappa shape index (κ2) is 8.59. The highest BCUT2D eigenvalue weighted by Gasteiger charge is 2.18. The van der Waals surface area contributed by atoms with Crippen molar-refractivity contribution in [3.05, 3.63) is 0 Å². The van der Waals surface area contributed by atoms with E-state index in [1.54, 1.807) is 0 Å². The molecule has 0 aromatic heterocycles. The zero-order valence-corrected chi connectivity index (χ0v) is 9.93. The van der Waals surface area contributed by atoms with E-state index < -0.39 is 12.0 Å². The second-order valence-electron chi connectivity index (χ2n) is 3.43. The van der Waals surface area contributed by atoms with Crippen LogP contribution in [0.4, 0.5) is 0 Å². The summed E-state index contributed by atoms with van der Waals surface area (Å²) in [5.41, 5.74) is 0. The van der Waals surface area contributed by atoms with E-state index in [1.165, 1.54) is 0 Å². The van der Waals surface area contributed by atoms with Crippen LogP contribution in [0.25, 0.3) is 0 Å². The van der Waals surface area contributed by atoms with Gasteiger partial charge in [0.05, 0.1) is 0 Å². The molecule has 0 rings (SSSR count). The fourth-order valence-electron chi connectivity index (χ4n) is 1.19.